The number of nitrogens with zero attached hydrogens (tertiary/aromatic N) is 4. The standard InChI is InChI=1S/C26H27N5OS/c1-2-31-25(29-30-26(31)33-17-24(32)27-16-18-9-8-10-18)21-15-23(19-11-4-3-5-12-19)28-22-14-7-6-13-20(21)22/h3-7,11-15,18H,2,8-10,16-17H2,1H3,(H,27,32). The Bertz CT molecular complexity index is 1270. The van der Waals surface area contributed by atoms with E-state index in [-0.39, 0.29) is 5.91 Å². The Kier molecular flexibility index (Phi) is 6.39. The van der Waals surface area contributed by atoms with E-state index in [0.717, 1.165) is 45.2 Å². The molecule has 6 nitrogen and oxygen atoms in total. The normalized spacial score (nSPS) is 13.7. The highest BCUT2D eigenvalue weighted by atomic mass is 32.2. The molecule has 2 aromatic carbocycles. The molecular weight excluding hydrogens is 430 g/mol. The molecule has 0 radical (unpaired) electrons. The number of pyridine rings is 1. The zero-order valence-electron chi connectivity index (χ0n) is 18.7. The van der Waals surface area contributed by atoms with Gasteiger partial charge in [0.25, 0.3) is 0 Å². The number of thioether (sulfide) groups is 1. The van der Waals surface area contributed by atoms with Crippen LogP contribution in [0, 0.1) is 5.92 Å². The summed E-state index contributed by atoms with van der Waals surface area (Å²) < 4.78 is 2.08. The second-order valence-corrected chi connectivity index (χ2v) is 9.32. The van der Waals surface area contributed by atoms with Crippen LogP contribution < -0.4 is 5.32 Å². The molecule has 1 amide bonds. The molecule has 0 spiro atoms. The first-order valence-corrected chi connectivity index (χ1v) is 12.5. The van der Waals surface area contributed by atoms with Gasteiger partial charge in [-0.2, -0.15) is 0 Å². The highest BCUT2D eigenvalue weighted by molar-refractivity contribution is 7.99. The van der Waals surface area contributed by atoms with Crippen molar-refractivity contribution in [1.82, 2.24) is 25.1 Å². The first-order chi connectivity index (χ1) is 16.2. The molecule has 0 unspecified atom stereocenters. The van der Waals surface area contributed by atoms with Gasteiger partial charge in [0, 0.05) is 29.6 Å². The van der Waals surface area contributed by atoms with Gasteiger partial charge in [-0.05, 0) is 37.8 Å². The molecule has 33 heavy (non-hydrogen) atoms. The van der Waals surface area contributed by atoms with Crippen molar-refractivity contribution in [2.45, 2.75) is 37.9 Å². The van der Waals surface area contributed by atoms with Gasteiger partial charge < -0.3 is 9.88 Å². The third kappa shape index (κ3) is 4.64. The van der Waals surface area contributed by atoms with Crippen molar-refractivity contribution in [2.24, 2.45) is 5.92 Å². The molecule has 2 aromatic heterocycles. The summed E-state index contributed by atoms with van der Waals surface area (Å²) in [4.78, 5) is 17.2. The van der Waals surface area contributed by atoms with Gasteiger partial charge in [0.15, 0.2) is 11.0 Å². The lowest BCUT2D eigenvalue weighted by Crippen LogP contribution is -2.33. The van der Waals surface area contributed by atoms with Crippen LogP contribution in [0.4, 0.5) is 0 Å². The number of hydrogen-bond acceptors (Lipinski definition) is 5. The van der Waals surface area contributed by atoms with E-state index in [0.29, 0.717) is 18.2 Å². The monoisotopic (exact) mass is 457 g/mol. The zero-order valence-corrected chi connectivity index (χ0v) is 19.5. The number of aromatic nitrogens is 4. The molecule has 7 heteroatoms. The van der Waals surface area contributed by atoms with E-state index in [4.69, 9.17) is 4.98 Å². The van der Waals surface area contributed by atoms with E-state index in [1.165, 1.54) is 31.0 Å². The second-order valence-electron chi connectivity index (χ2n) is 8.38. The van der Waals surface area contributed by atoms with Crippen LogP contribution >= 0.6 is 11.8 Å². The molecule has 0 saturated heterocycles. The Balaban J connectivity index is 1.44. The number of rotatable bonds is 8. The summed E-state index contributed by atoms with van der Waals surface area (Å²) in [5, 5.41) is 13.8. The minimum atomic E-state index is 0.0554. The van der Waals surface area contributed by atoms with E-state index in [9.17, 15) is 4.79 Å². The van der Waals surface area contributed by atoms with Gasteiger partial charge in [-0.3, -0.25) is 4.79 Å². The van der Waals surface area contributed by atoms with Gasteiger partial charge in [0.05, 0.1) is 17.0 Å². The van der Waals surface area contributed by atoms with E-state index >= 15 is 0 Å². The third-order valence-electron chi connectivity index (χ3n) is 6.20. The number of hydrogen-bond donors (Lipinski definition) is 1. The Morgan fingerprint density at radius 1 is 1.09 bits per heavy atom. The van der Waals surface area contributed by atoms with Crippen molar-refractivity contribution < 1.29 is 4.79 Å². The SMILES string of the molecule is CCn1c(SCC(=O)NCC2CCC2)nnc1-c1cc(-c2ccccc2)nc2ccccc12. The number of fused-ring (bicyclic) bond motifs is 1. The van der Waals surface area contributed by atoms with E-state index < -0.39 is 0 Å². The second kappa shape index (κ2) is 9.75. The van der Waals surface area contributed by atoms with Gasteiger partial charge in [0.2, 0.25) is 5.91 Å². The van der Waals surface area contributed by atoms with Gasteiger partial charge in [-0.1, -0.05) is 66.7 Å². The number of benzene rings is 2. The number of amides is 1. The fourth-order valence-electron chi connectivity index (χ4n) is 4.13. The average molecular weight is 458 g/mol. The summed E-state index contributed by atoms with van der Waals surface area (Å²) in [7, 11) is 0. The van der Waals surface area contributed by atoms with Crippen molar-refractivity contribution in [2.75, 3.05) is 12.3 Å². The van der Waals surface area contributed by atoms with Crippen LogP contribution in [0.2, 0.25) is 0 Å². The minimum absolute atomic E-state index is 0.0554. The van der Waals surface area contributed by atoms with E-state index in [2.05, 4.69) is 51.3 Å². The van der Waals surface area contributed by atoms with Crippen molar-refractivity contribution in [3.63, 3.8) is 0 Å². The van der Waals surface area contributed by atoms with Gasteiger partial charge in [0.1, 0.15) is 0 Å². The summed E-state index contributed by atoms with van der Waals surface area (Å²) in [6, 6.07) is 20.4. The Morgan fingerprint density at radius 2 is 1.88 bits per heavy atom. The smallest absolute Gasteiger partial charge is 0.230 e. The highest BCUT2D eigenvalue weighted by Gasteiger charge is 2.20. The summed E-state index contributed by atoms with van der Waals surface area (Å²) in [6.45, 7) is 3.58. The maximum Gasteiger partial charge on any atom is 0.230 e. The summed E-state index contributed by atoms with van der Waals surface area (Å²) in [6.07, 6.45) is 3.74. The third-order valence-corrected chi connectivity index (χ3v) is 7.17. The van der Waals surface area contributed by atoms with Crippen LogP contribution in [0.25, 0.3) is 33.5 Å². The minimum Gasteiger partial charge on any atom is -0.355 e. The zero-order chi connectivity index (χ0) is 22.6. The number of para-hydroxylation sites is 1. The molecule has 5 rings (SSSR count). The highest BCUT2D eigenvalue weighted by Crippen LogP contribution is 2.33. The molecule has 1 aliphatic rings. The van der Waals surface area contributed by atoms with Crippen LogP contribution in [-0.4, -0.2) is 38.0 Å². The first-order valence-electron chi connectivity index (χ1n) is 11.5. The fourth-order valence-corrected chi connectivity index (χ4v) is 4.97. The van der Waals surface area contributed by atoms with Crippen LogP contribution in [0.1, 0.15) is 26.2 Å². The van der Waals surface area contributed by atoms with Crippen molar-refractivity contribution in [3.8, 4) is 22.6 Å². The van der Waals surface area contributed by atoms with Crippen LogP contribution in [-0.2, 0) is 11.3 Å². The molecule has 1 aliphatic carbocycles. The molecule has 2 heterocycles. The summed E-state index contributed by atoms with van der Waals surface area (Å²) in [5.41, 5.74) is 3.88. The Labute approximate surface area is 197 Å². The van der Waals surface area contributed by atoms with Crippen LogP contribution in [0.5, 0.6) is 0 Å². The van der Waals surface area contributed by atoms with E-state index in [1.54, 1.807) is 0 Å². The quantitative estimate of drug-likeness (QED) is 0.369. The Hall–Kier alpha value is -3.19. The van der Waals surface area contributed by atoms with Gasteiger partial charge in [-0.15, -0.1) is 10.2 Å². The van der Waals surface area contributed by atoms with Crippen LogP contribution in [0.3, 0.4) is 0 Å². The van der Waals surface area contributed by atoms with Crippen molar-refractivity contribution >= 4 is 28.6 Å². The molecule has 0 atom stereocenters. The maximum absolute atomic E-state index is 12.3. The predicted molar refractivity (Wildman–Crippen MR) is 133 cm³/mol. The first kappa shape index (κ1) is 21.6. The number of nitrogens with one attached hydrogen (secondary N) is 1. The van der Waals surface area contributed by atoms with Crippen molar-refractivity contribution in [1.29, 1.82) is 0 Å². The predicted octanol–water partition coefficient (Wildman–Crippen LogP) is 5.19. The molecule has 1 saturated carbocycles. The molecule has 168 valence electrons. The molecule has 0 bridgehead atoms. The van der Waals surface area contributed by atoms with Gasteiger partial charge in [-0.25, -0.2) is 4.98 Å². The molecule has 0 aliphatic heterocycles. The maximum atomic E-state index is 12.3. The van der Waals surface area contributed by atoms with Crippen LogP contribution in [0.15, 0.2) is 65.8 Å². The fraction of sp³-hybridized carbons (Fsp3) is 0.308. The largest absolute Gasteiger partial charge is 0.355 e. The van der Waals surface area contributed by atoms with Gasteiger partial charge >= 0.3 is 0 Å². The molecule has 4 aromatic rings. The lowest BCUT2D eigenvalue weighted by molar-refractivity contribution is -0.118. The summed E-state index contributed by atoms with van der Waals surface area (Å²) in [5.74, 6) is 1.85. The Morgan fingerprint density at radius 3 is 2.64 bits per heavy atom. The van der Waals surface area contributed by atoms with Crippen molar-refractivity contribution in [3.05, 3.63) is 60.7 Å². The lowest BCUT2D eigenvalue weighted by Gasteiger charge is -2.25. The summed E-state index contributed by atoms with van der Waals surface area (Å²) >= 11 is 1.44. The lowest BCUT2D eigenvalue weighted by atomic mass is 9.85. The van der Waals surface area contributed by atoms with E-state index in [1.807, 2.05) is 36.4 Å². The average Bonchev–Trinajstić information content (AvgIpc) is 3.24. The number of carbonyl (C=O) groups is 1. The number of carbonyl (C=O) groups excluding carboxylic acids is 1. The molecule has 1 fully saturated rings. The molecular formula is C26H27N5OS. The topological polar surface area (TPSA) is 72.7 Å². The molecule has 1 N–H and O–H groups in total.